The zero-order valence-electron chi connectivity index (χ0n) is 21.0. The molecule has 0 radical (unpaired) electrons. The Bertz CT molecular complexity index is 2330. The van der Waals surface area contributed by atoms with Gasteiger partial charge in [-0.25, -0.2) is 4.98 Å². The summed E-state index contributed by atoms with van der Waals surface area (Å²) in [7, 11) is 0. The SMILES string of the molecule is C1=c2[nH]c(c3ncccc23)=Cc2[nH]c(c3cccnc23)C=c2[nH]c(c3ncccc23)=Cc2nc1c1ccc[nH]c2-1. The van der Waals surface area contributed by atoms with Gasteiger partial charge in [0.1, 0.15) is 0 Å². The molecular formula is C32H20N8. The minimum absolute atomic E-state index is 0.840. The lowest BCUT2D eigenvalue weighted by molar-refractivity contribution is 1.23. The van der Waals surface area contributed by atoms with Crippen LogP contribution in [-0.4, -0.2) is 39.9 Å². The fourth-order valence-electron chi connectivity index (χ4n) is 5.87. The molecule has 0 fully saturated rings. The standard InChI is InChI=1S/C32H20N8/c1-5-17-21-13-22-18-6-2-10-34-30(18)27(38-22)16-28-32-20(8-4-12-36-32)24(40-28)14-23-19-7-3-11-35-31(19)26(39-23)15-25(37-21)29(17)33-9-1/h1-16,33,38-40H. The Morgan fingerprint density at radius 1 is 0.500 bits per heavy atom. The van der Waals surface area contributed by atoms with Gasteiger partial charge in [0.2, 0.25) is 0 Å². The summed E-state index contributed by atoms with van der Waals surface area (Å²) in [5, 5.41) is 6.80. The van der Waals surface area contributed by atoms with Crippen molar-refractivity contribution in [1.29, 1.82) is 0 Å². The smallest absolute Gasteiger partial charge is 0.0958 e. The third-order valence-electron chi connectivity index (χ3n) is 7.64. The lowest BCUT2D eigenvalue weighted by Crippen LogP contribution is -2.11. The normalized spacial score (nSPS) is 12.8. The Morgan fingerprint density at radius 2 is 1.12 bits per heavy atom. The van der Waals surface area contributed by atoms with Crippen LogP contribution in [0.4, 0.5) is 0 Å². The minimum Gasteiger partial charge on any atom is -0.359 e. The predicted octanol–water partition coefficient (Wildman–Crippen LogP) is 2.77. The summed E-state index contributed by atoms with van der Waals surface area (Å²) in [5.74, 6) is 0. The molecule has 3 aliphatic rings. The van der Waals surface area contributed by atoms with Crippen LogP contribution in [0.3, 0.4) is 0 Å². The fraction of sp³-hybridized carbons (Fsp3) is 0. The molecule has 0 amide bonds. The van der Waals surface area contributed by atoms with E-state index in [0.717, 1.165) is 88.1 Å². The zero-order valence-corrected chi connectivity index (χ0v) is 21.0. The number of pyridine rings is 4. The molecule has 4 N–H and O–H groups in total. The van der Waals surface area contributed by atoms with Crippen LogP contribution in [0.25, 0.3) is 68.3 Å². The Morgan fingerprint density at radius 3 is 1.90 bits per heavy atom. The first-order valence-electron chi connectivity index (χ1n) is 13.1. The molecule has 188 valence electrons. The quantitative estimate of drug-likeness (QED) is 0.248. The van der Waals surface area contributed by atoms with E-state index in [1.807, 2.05) is 49.1 Å². The summed E-state index contributed by atoms with van der Waals surface area (Å²) < 4.78 is 0. The Kier molecular flexibility index (Phi) is 4.17. The first kappa shape index (κ1) is 21.2. The summed E-state index contributed by atoms with van der Waals surface area (Å²) >= 11 is 0. The molecule has 0 saturated carbocycles. The van der Waals surface area contributed by atoms with Crippen LogP contribution in [0, 0.1) is 0 Å². The van der Waals surface area contributed by atoms with Crippen LogP contribution < -0.4 is 21.4 Å². The van der Waals surface area contributed by atoms with E-state index in [4.69, 9.17) is 19.9 Å². The van der Waals surface area contributed by atoms with Crippen molar-refractivity contribution in [3.05, 3.63) is 117 Å². The third kappa shape index (κ3) is 3.01. The number of H-pyrrole nitrogens is 4. The van der Waals surface area contributed by atoms with Crippen LogP contribution in [-0.2, 0) is 0 Å². The topological polar surface area (TPSA) is 115 Å². The molecule has 40 heavy (non-hydrogen) atoms. The molecule has 8 heteroatoms. The number of hydrogen-bond acceptors (Lipinski definition) is 4. The molecule has 3 aliphatic heterocycles. The van der Waals surface area contributed by atoms with E-state index in [0.29, 0.717) is 0 Å². The molecule has 6 aromatic rings. The molecular weight excluding hydrogens is 496 g/mol. The van der Waals surface area contributed by atoms with Crippen LogP contribution in [0.5, 0.6) is 0 Å². The molecule has 9 rings (SSSR count). The van der Waals surface area contributed by atoms with Crippen molar-refractivity contribution in [2.24, 2.45) is 0 Å². The van der Waals surface area contributed by atoms with E-state index in [1.54, 1.807) is 0 Å². The van der Waals surface area contributed by atoms with E-state index >= 15 is 0 Å². The second-order valence-corrected chi connectivity index (χ2v) is 9.97. The van der Waals surface area contributed by atoms with Gasteiger partial charge in [0.15, 0.2) is 0 Å². The monoisotopic (exact) mass is 516 g/mol. The van der Waals surface area contributed by atoms with Gasteiger partial charge < -0.3 is 19.9 Å². The number of aromatic nitrogens is 8. The van der Waals surface area contributed by atoms with E-state index in [1.165, 1.54) is 0 Å². The highest BCUT2D eigenvalue weighted by molar-refractivity contribution is 5.95. The molecule has 0 aromatic carbocycles. The predicted molar refractivity (Wildman–Crippen MR) is 156 cm³/mol. The number of aromatic amines is 4. The van der Waals surface area contributed by atoms with Crippen molar-refractivity contribution < 1.29 is 0 Å². The maximum atomic E-state index is 5.09. The zero-order chi connectivity index (χ0) is 26.2. The summed E-state index contributed by atoms with van der Waals surface area (Å²) in [6, 6.07) is 16.2. The van der Waals surface area contributed by atoms with Crippen molar-refractivity contribution in [2.45, 2.75) is 0 Å². The second kappa shape index (κ2) is 7.87. The van der Waals surface area contributed by atoms with Crippen molar-refractivity contribution in [3.63, 3.8) is 0 Å². The number of nitrogens with zero attached hydrogens (tertiary/aromatic N) is 4. The maximum absolute atomic E-state index is 5.09. The number of rotatable bonds is 0. The van der Waals surface area contributed by atoms with Crippen molar-refractivity contribution in [2.75, 3.05) is 0 Å². The average molecular weight is 517 g/mol. The van der Waals surface area contributed by atoms with Gasteiger partial charge in [0, 0.05) is 46.5 Å². The highest BCUT2D eigenvalue weighted by atomic mass is 14.8. The molecule has 0 spiro atoms. The number of nitrogens with one attached hydrogen (secondary N) is 4. The van der Waals surface area contributed by atoms with Crippen LogP contribution in [0.1, 0.15) is 22.8 Å². The van der Waals surface area contributed by atoms with Gasteiger partial charge in [0.05, 0.1) is 66.4 Å². The lowest BCUT2D eigenvalue weighted by Gasteiger charge is -1.99. The van der Waals surface area contributed by atoms with E-state index < -0.39 is 0 Å². The van der Waals surface area contributed by atoms with Gasteiger partial charge in [-0.05, 0) is 72.8 Å². The Hall–Kier alpha value is -5.76. The van der Waals surface area contributed by atoms with Crippen LogP contribution in [0.2, 0.25) is 0 Å². The molecule has 6 aromatic heterocycles. The van der Waals surface area contributed by atoms with Crippen molar-refractivity contribution in [1.82, 2.24) is 39.9 Å². The summed E-state index contributed by atoms with van der Waals surface area (Å²) in [6.45, 7) is 0. The Labute approximate surface area is 225 Å². The van der Waals surface area contributed by atoms with Gasteiger partial charge in [-0.2, -0.15) is 0 Å². The van der Waals surface area contributed by atoms with Crippen LogP contribution in [0.15, 0.2) is 73.3 Å². The summed E-state index contributed by atoms with van der Waals surface area (Å²) in [4.78, 5) is 33.6. The van der Waals surface area contributed by atoms with Crippen molar-refractivity contribution in [3.8, 4) is 11.3 Å². The van der Waals surface area contributed by atoms with Gasteiger partial charge in [-0.1, -0.05) is 0 Å². The van der Waals surface area contributed by atoms with Crippen molar-refractivity contribution >= 4 is 57.0 Å². The largest absolute Gasteiger partial charge is 0.359 e. The molecule has 8 bridgehead atoms. The van der Waals surface area contributed by atoms with E-state index in [-0.39, 0.29) is 0 Å². The summed E-state index contributed by atoms with van der Waals surface area (Å²) in [6.07, 6.45) is 15.8. The van der Waals surface area contributed by atoms with Gasteiger partial charge in [-0.15, -0.1) is 0 Å². The second-order valence-electron chi connectivity index (χ2n) is 9.97. The molecule has 9 heterocycles. The highest BCUT2D eigenvalue weighted by Gasteiger charge is 2.17. The van der Waals surface area contributed by atoms with E-state index in [2.05, 4.69) is 68.5 Å². The highest BCUT2D eigenvalue weighted by Crippen LogP contribution is 2.29. The molecule has 8 nitrogen and oxygen atoms in total. The maximum Gasteiger partial charge on any atom is 0.0958 e. The lowest BCUT2D eigenvalue weighted by atomic mass is 10.1. The van der Waals surface area contributed by atoms with Gasteiger partial charge in [0.25, 0.3) is 0 Å². The number of hydrogen-bond donors (Lipinski definition) is 4. The molecule has 0 atom stereocenters. The first-order valence-corrected chi connectivity index (χ1v) is 13.1. The minimum atomic E-state index is 0.840. The van der Waals surface area contributed by atoms with E-state index in [9.17, 15) is 0 Å². The summed E-state index contributed by atoms with van der Waals surface area (Å²) in [5.41, 5.74) is 8.26. The number of fused-ring (bicyclic) bond motifs is 20. The van der Waals surface area contributed by atoms with Gasteiger partial charge in [-0.3, -0.25) is 15.0 Å². The average Bonchev–Trinajstić information content (AvgIpc) is 3.73. The fourth-order valence-corrected chi connectivity index (χ4v) is 5.87. The third-order valence-corrected chi connectivity index (χ3v) is 7.64. The molecule has 0 saturated heterocycles. The van der Waals surface area contributed by atoms with Gasteiger partial charge >= 0.3 is 0 Å². The molecule has 0 aliphatic carbocycles. The first-order chi connectivity index (χ1) is 19.8. The Balaban J connectivity index is 1.50. The molecule has 0 unspecified atom stereocenters. The van der Waals surface area contributed by atoms with Crippen LogP contribution >= 0.6 is 0 Å².